The van der Waals surface area contributed by atoms with Crippen molar-refractivity contribution < 1.29 is 4.79 Å². The van der Waals surface area contributed by atoms with Crippen LogP contribution in [0.2, 0.25) is 0 Å². The minimum atomic E-state index is -0.0641. The molecule has 0 unspecified atom stereocenters. The molecule has 21 heavy (non-hydrogen) atoms. The second kappa shape index (κ2) is 5.75. The van der Waals surface area contributed by atoms with E-state index in [9.17, 15) is 4.79 Å². The molecule has 0 aromatic carbocycles. The van der Waals surface area contributed by atoms with Gasteiger partial charge in [0.15, 0.2) is 5.82 Å². The van der Waals surface area contributed by atoms with Crippen molar-refractivity contribution in [2.75, 3.05) is 6.54 Å². The van der Waals surface area contributed by atoms with Crippen LogP contribution in [0.25, 0.3) is 0 Å². The summed E-state index contributed by atoms with van der Waals surface area (Å²) in [7, 11) is 0. The van der Waals surface area contributed by atoms with Gasteiger partial charge in [0.1, 0.15) is 5.82 Å². The number of carbonyl (C=O) groups excluding carboxylic acids is 1. The summed E-state index contributed by atoms with van der Waals surface area (Å²) in [6.07, 6.45) is 3.87. The molecule has 3 rings (SSSR count). The van der Waals surface area contributed by atoms with Crippen molar-refractivity contribution >= 4 is 5.91 Å². The van der Waals surface area contributed by atoms with Crippen LogP contribution in [0.3, 0.4) is 0 Å². The number of likely N-dealkylation sites (tertiary alicyclic amines) is 1. The highest BCUT2D eigenvalue weighted by molar-refractivity contribution is 5.84. The van der Waals surface area contributed by atoms with E-state index >= 15 is 0 Å². The number of aryl methyl sites for hydroxylation is 2. The largest absolute Gasteiger partial charge is 0.339 e. The number of carbonyl (C=O) groups is 1. The van der Waals surface area contributed by atoms with Crippen LogP contribution in [0, 0.1) is 0 Å². The van der Waals surface area contributed by atoms with Gasteiger partial charge in [-0.15, -0.1) is 0 Å². The molecule has 1 aromatic heterocycles. The maximum atomic E-state index is 12.4. The average Bonchev–Trinajstić information content (AvgIpc) is 3.03. The monoisotopic (exact) mass is 291 g/mol. The Morgan fingerprint density at radius 3 is 2.76 bits per heavy atom. The zero-order valence-electron chi connectivity index (χ0n) is 13.2. The van der Waals surface area contributed by atoms with Gasteiger partial charge in [0.25, 0.3) is 0 Å². The lowest BCUT2D eigenvalue weighted by molar-refractivity contribution is -0.131. The lowest BCUT2D eigenvalue weighted by atomic mass is 10.1. The average molecular weight is 291 g/mol. The lowest BCUT2D eigenvalue weighted by Crippen LogP contribution is -2.43. The molecule has 1 aromatic rings. The van der Waals surface area contributed by atoms with E-state index in [1.54, 1.807) is 0 Å². The van der Waals surface area contributed by atoms with Crippen LogP contribution in [0.1, 0.15) is 57.7 Å². The fourth-order valence-electron chi connectivity index (χ4n) is 3.32. The Labute approximate surface area is 125 Å². The molecule has 2 aliphatic rings. The molecule has 0 radical (unpaired) electrons. The standard InChI is InChI=1S/C15H25N5O/c1-4-13-17-14-11(6-5-8-20(14)18-13)16-12-7-9-19(10(2)3)15(12)21/h10-12,16H,4-9H2,1-3H3/t11-,12-/m1/s1. The van der Waals surface area contributed by atoms with Crippen LogP contribution < -0.4 is 5.32 Å². The van der Waals surface area contributed by atoms with Gasteiger partial charge >= 0.3 is 0 Å². The molecule has 0 saturated carbocycles. The third kappa shape index (κ3) is 2.69. The summed E-state index contributed by atoms with van der Waals surface area (Å²) >= 11 is 0. The molecule has 0 aliphatic carbocycles. The topological polar surface area (TPSA) is 63.1 Å². The normalized spacial score (nSPS) is 25.7. The Hall–Kier alpha value is -1.43. The minimum Gasteiger partial charge on any atom is -0.339 e. The first-order chi connectivity index (χ1) is 10.1. The fraction of sp³-hybridized carbons (Fsp3) is 0.800. The number of nitrogens with one attached hydrogen (secondary N) is 1. The van der Waals surface area contributed by atoms with Gasteiger partial charge in [0.05, 0.1) is 12.1 Å². The summed E-state index contributed by atoms with van der Waals surface area (Å²) in [5, 5.41) is 8.06. The molecular formula is C15H25N5O. The number of fused-ring (bicyclic) bond motifs is 1. The van der Waals surface area contributed by atoms with Crippen LogP contribution >= 0.6 is 0 Å². The van der Waals surface area contributed by atoms with E-state index in [1.807, 2.05) is 9.58 Å². The van der Waals surface area contributed by atoms with Gasteiger partial charge in [-0.1, -0.05) is 6.92 Å². The van der Waals surface area contributed by atoms with Gasteiger partial charge in [-0.2, -0.15) is 5.10 Å². The van der Waals surface area contributed by atoms with E-state index in [0.717, 1.165) is 50.4 Å². The van der Waals surface area contributed by atoms with Crippen LogP contribution in [0.4, 0.5) is 0 Å². The van der Waals surface area contributed by atoms with E-state index in [4.69, 9.17) is 0 Å². The van der Waals surface area contributed by atoms with Gasteiger partial charge in [0, 0.05) is 25.6 Å². The van der Waals surface area contributed by atoms with E-state index < -0.39 is 0 Å². The van der Waals surface area contributed by atoms with Crippen LogP contribution in [-0.2, 0) is 17.8 Å². The van der Waals surface area contributed by atoms with Gasteiger partial charge in [0.2, 0.25) is 5.91 Å². The van der Waals surface area contributed by atoms with Gasteiger partial charge in [-0.3, -0.25) is 10.1 Å². The molecule has 2 atom stereocenters. The minimum absolute atomic E-state index is 0.0641. The van der Waals surface area contributed by atoms with E-state index in [0.29, 0.717) is 0 Å². The van der Waals surface area contributed by atoms with Crippen molar-refractivity contribution in [1.29, 1.82) is 0 Å². The van der Waals surface area contributed by atoms with Crippen molar-refractivity contribution in [3.63, 3.8) is 0 Å². The molecule has 1 fully saturated rings. The summed E-state index contributed by atoms with van der Waals surface area (Å²) in [5.41, 5.74) is 0. The van der Waals surface area contributed by atoms with E-state index in [-0.39, 0.29) is 24.0 Å². The van der Waals surface area contributed by atoms with Gasteiger partial charge < -0.3 is 4.90 Å². The molecule has 116 valence electrons. The van der Waals surface area contributed by atoms with Crippen molar-refractivity contribution in [3.8, 4) is 0 Å². The summed E-state index contributed by atoms with van der Waals surface area (Å²) in [6.45, 7) is 8.02. The number of hydrogen-bond donors (Lipinski definition) is 1. The molecule has 6 heteroatoms. The zero-order chi connectivity index (χ0) is 15.0. The molecule has 0 bridgehead atoms. The Balaban J connectivity index is 1.72. The highest BCUT2D eigenvalue weighted by Gasteiger charge is 2.36. The summed E-state index contributed by atoms with van der Waals surface area (Å²) in [5.74, 6) is 2.14. The summed E-state index contributed by atoms with van der Waals surface area (Å²) in [6, 6.07) is 0.379. The summed E-state index contributed by atoms with van der Waals surface area (Å²) in [4.78, 5) is 19.0. The first-order valence-electron chi connectivity index (χ1n) is 8.10. The van der Waals surface area contributed by atoms with Crippen LogP contribution in [0.15, 0.2) is 0 Å². The Bertz CT molecular complexity index is 524. The van der Waals surface area contributed by atoms with Crippen molar-refractivity contribution in [3.05, 3.63) is 11.6 Å². The maximum absolute atomic E-state index is 12.4. The maximum Gasteiger partial charge on any atom is 0.240 e. The smallest absolute Gasteiger partial charge is 0.240 e. The van der Waals surface area contributed by atoms with E-state index in [2.05, 4.69) is 36.2 Å². The third-order valence-corrected chi connectivity index (χ3v) is 4.50. The number of aromatic nitrogens is 3. The van der Waals surface area contributed by atoms with Crippen molar-refractivity contribution in [1.82, 2.24) is 25.0 Å². The molecule has 1 N–H and O–H groups in total. The fourth-order valence-corrected chi connectivity index (χ4v) is 3.32. The predicted molar refractivity (Wildman–Crippen MR) is 79.8 cm³/mol. The Kier molecular flexibility index (Phi) is 3.97. The molecular weight excluding hydrogens is 266 g/mol. The number of amides is 1. The highest BCUT2D eigenvalue weighted by atomic mass is 16.2. The van der Waals surface area contributed by atoms with Crippen LogP contribution in [-0.4, -0.2) is 44.2 Å². The Morgan fingerprint density at radius 2 is 2.10 bits per heavy atom. The van der Waals surface area contributed by atoms with Gasteiger partial charge in [-0.05, 0) is 33.1 Å². The van der Waals surface area contributed by atoms with E-state index in [1.165, 1.54) is 0 Å². The Morgan fingerprint density at radius 1 is 1.29 bits per heavy atom. The molecule has 2 aliphatic heterocycles. The molecule has 1 amide bonds. The second-order valence-electron chi connectivity index (χ2n) is 6.29. The number of hydrogen-bond acceptors (Lipinski definition) is 4. The van der Waals surface area contributed by atoms with Gasteiger partial charge in [-0.25, -0.2) is 9.67 Å². The van der Waals surface area contributed by atoms with Crippen molar-refractivity contribution in [2.24, 2.45) is 0 Å². The van der Waals surface area contributed by atoms with Crippen LogP contribution in [0.5, 0.6) is 0 Å². The predicted octanol–water partition coefficient (Wildman–Crippen LogP) is 1.27. The molecule has 1 saturated heterocycles. The highest BCUT2D eigenvalue weighted by Crippen LogP contribution is 2.26. The molecule has 6 nitrogen and oxygen atoms in total. The number of rotatable bonds is 4. The lowest BCUT2D eigenvalue weighted by Gasteiger charge is -2.26. The summed E-state index contributed by atoms with van der Waals surface area (Å²) < 4.78 is 2.01. The second-order valence-corrected chi connectivity index (χ2v) is 6.29. The quantitative estimate of drug-likeness (QED) is 0.907. The van der Waals surface area contributed by atoms with Crippen molar-refractivity contribution in [2.45, 2.75) is 71.1 Å². The molecule has 0 spiro atoms. The molecule has 3 heterocycles. The SMILES string of the molecule is CCc1nc2n(n1)CCC[C@H]2N[C@@H]1CCN(C(C)C)C1=O. The number of nitrogens with zero attached hydrogens (tertiary/aromatic N) is 4. The third-order valence-electron chi connectivity index (χ3n) is 4.50. The first-order valence-corrected chi connectivity index (χ1v) is 8.10. The zero-order valence-corrected chi connectivity index (χ0v) is 13.2. The first kappa shape index (κ1) is 14.5.